The van der Waals surface area contributed by atoms with Crippen molar-refractivity contribution in [2.24, 2.45) is 10.7 Å². The molecule has 2 fully saturated rings. The summed E-state index contributed by atoms with van der Waals surface area (Å²) >= 11 is 0. The summed E-state index contributed by atoms with van der Waals surface area (Å²) < 4.78 is 5.52. The Kier molecular flexibility index (Phi) is 8.06. The zero-order valence-corrected chi connectivity index (χ0v) is 18.6. The van der Waals surface area contributed by atoms with Crippen LogP contribution < -0.4 is 11.1 Å². The Morgan fingerprint density at radius 2 is 1.84 bits per heavy atom. The van der Waals surface area contributed by atoms with Crippen LogP contribution in [0.25, 0.3) is 0 Å². The molecule has 168 valence electrons. The number of hydrogen-bond donors (Lipinski definition) is 3. The molecule has 0 aliphatic carbocycles. The number of unbranched alkanes of at least 4 members (excludes halogenated alkanes) is 1. The Morgan fingerprint density at radius 1 is 1.19 bits per heavy atom. The van der Waals surface area contributed by atoms with Gasteiger partial charge < -0.3 is 20.7 Å². The smallest absolute Gasteiger partial charge is 0.244 e. The van der Waals surface area contributed by atoms with Gasteiger partial charge in [0.15, 0.2) is 11.7 Å². The fourth-order valence-electron chi connectivity index (χ4n) is 3.76. The SMILES string of the molecule is CCCCO/C(C)=N/C(N)=C1/NC(=O)CN(Cc2ccc(CN3CCCC3)cc2)C1=N. The minimum absolute atomic E-state index is 0.0815. The van der Waals surface area contributed by atoms with E-state index in [-0.39, 0.29) is 29.8 Å². The van der Waals surface area contributed by atoms with Crippen molar-refractivity contribution in [3.05, 3.63) is 46.9 Å². The van der Waals surface area contributed by atoms with Crippen molar-refractivity contribution in [3.63, 3.8) is 0 Å². The Hall–Kier alpha value is -2.87. The van der Waals surface area contributed by atoms with Crippen LogP contribution in [0, 0.1) is 5.41 Å². The number of ether oxygens (including phenoxy) is 1. The van der Waals surface area contributed by atoms with E-state index < -0.39 is 0 Å². The first-order valence-corrected chi connectivity index (χ1v) is 11.1. The fourth-order valence-corrected chi connectivity index (χ4v) is 3.76. The van der Waals surface area contributed by atoms with E-state index in [0.29, 0.717) is 19.0 Å². The molecule has 0 aromatic heterocycles. The van der Waals surface area contributed by atoms with E-state index in [1.165, 1.54) is 31.5 Å². The number of nitrogens with zero attached hydrogens (tertiary/aromatic N) is 3. The van der Waals surface area contributed by atoms with Crippen LogP contribution in [0.4, 0.5) is 0 Å². The van der Waals surface area contributed by atoms with Crippen molar-refractivity contribution in [3.8, 4) is 0 Å². The lowest BCUT2D eigenvalue weighted by Gasteiger charge is -2.31. The summed E-state index contributed by atoms with van der Waals surface area (Å²) in [5, 5.41) is 11.2. The highest BCUT2D eigenvalue weighted by molar-refractivity contribution is 6.05. The van der Waals surface area contributed by atoms with Crippen molar-refractivity contribution >= 4 is 17.6 Å². The van der Waals surface area contributed by atoms with Gasteiger partial charge in [0.05, 0.1) is 13.2 Å². The van der Waals surface area contributed by atoms with Crippen molar-refractivity contribution in [1.82, 2.24) is 15.1 Å². The number of hydrogen-bond acceptors (Lipinski definition) is 6. The minimum Gasteiger partial charge on any atom is -0.481 e. The maximum absolute atomic E-state index is 12.2. The van der Waals surface area contributed by atoms with Gasteiger partial charge in [0.25, 0.3) is 0 Å². The quantitative estimate of drug-likeness (QED) is 0.336. The van der Waals surface area contributed by atoms with Gasteiger partial charge in [-0.1, -0.05) is 37.6 Å². The van der Waals surface area contributed by atoms with Crippen molar-refractivity contribution in [2.75, 3.05) is 26.2 Å². The molecule has 4 N–H and O–H groups in total. The highest BCUT2D eigenvalue weighted by atomic mass is 16.5. The lowest BCUT2D eigenvalue weighted by Crippen LogP contribution is -2.50. The first kappa shape index (κ1) is 22.8. The second-order valence-electron chi connectivity index (χ2n) is 8.15. The number of nitrogens with two attached hydrogens (primary N) is 1. The fraction of sp³-hybridized carbons (Fsp3) is 0.522. The largest absolute Gasteiger partial charge is 0.481 e. The molecule has 0 unspecified atom stereocenters. The van der Waals surface area contributed by atoms with Crippen LogP contribution in [0.5, 0.6) is 0 Å². The lowest BCUT2D eigenvalue weighted by atomic mass is 10.1. The molecule has 1 amide bonds. The summed E-state index contributed by atoms with van der Waals surface area (Å²) in [5.74, 6) is 0.451. The minimum atomic E-state index is -0.209. The normalized spacial score (nSPS) is 19.5. The molecule has 8 nitrogen and oxygen atoms in total. The zero-order valence-electron chi connectivity index (χ0n) is 18.6. The van der Waals surface area contributed by atoms with Gasteiger partial charge in [-0.3, -0.25) is 15.1 Å². The van der Waals surface area contributed by atoms with Gasteiger partial charge in [0.2, 0.25) is 5.91 Å². The van der Waals surface area contributed by atoms with Crippen LogP contribution in [0.2, 0.25) is 0 Å². The summed E-state index contributed by atoms with van der Waals surface area (Å²) in [4.78, 5) is 20.6. The van der Waals surface area contributed by atoms with Crippen molar-refractivity contribution < 1.29 is 9.53 Å². The Bertz CT molecular complexity index is 840. The van der Waals surface area contributed by atoms with Crippen LogP contribution in [0.15, 0.2) is 40.8 Å². The number of carbonyl (C=O) groups is 1. The van der Waals surface area contributed by atoms with E-state index in [0.717, 1.165) is 24.9 Å². The zero-order chi connectivity index (χ0) is 22.2. The molecule has 2 aliphatic rings. The van der Waals surface area contributed by atoms with Gasteiger partial charge in [-0.05, 0) is 43.5 Å². The third-order valence-corrected chi connectivity index (χ3v) is 5.50. The van der Waals surface area contributed by atoms with Crippen LogP contribution in [-0.2, 0) is 22.6 Å². The van der Waals surface area contributed by atoms with E-state index in [1.807, 2.05) is 0 Å². The first-order chi connectivity index (χ1) is 15.0. The number of amides is 1. The molecule has 2 aliphatic heterocycles. The van der Waals surface area contributed by atoms with Crippen LogP contribution >= 0.6 is 0 Å². The third-order valence-electron chi connectivity index (χ3n) is 5.50. The predicted octanol–water partition coefficient (Wildman–Crippen LogP) is 2.55. The van der Waals surface area contributed by atoms with Gasteiger partial charge in [-0.15, -0.1) is 0 Å². The van der Waals surface area contributed by atoms with Gasteiger partial charge in [0.1, 0.15) is 11.5 Å². The number of rotatable bonds is 8. The molecular weight excluding hydrogens is 392 g/mol. The maximum Gasteiger partial charge on any atom is 0.244 e. The highest BCUT2D eigenvalue weighted by Gasteiger charge is 2.27. The lowest BCUT2D eigenvalue weighted by molar-refractivity contribution is -0.121. The van der Waals surface area contributed by atoms with E-state index in [2.05, 4.69) is 46.4 Å². The molecule has 1 aromatic rings. The molecule has 0 saturated carbocycles. The Labute approximate surface area is 184 Å². The van der Waals surface area contributed by atoms with E-state index >= 15 is 0 Å². The number of likely N-dealkylation sites (tertiary alicyclic amines) is 1. The topological polar surface area (TPSA) is 107 Å². The summed E-state index contributed by atoms with van der Waals surface area (Å²) in [6.45, 7) is 8.26. The summed E-state index contributed by atoms with van der Waals surface area (Å²) in [6.07, 6.45) is 4.52. The van der Waals surface area contributed by atoms with Crippen molar-refractivity contribution in [1.29, 1.82) is 5.41 Å². The van der Waals surface area contributed by atoms with E-state index in [1.54, 1.807) is 11.8 Å². The van der Waals surface area contributed by atoms with Gasteiger partial charge in [-0.25, -0.2) is 0 Å². The number of piperazine rings is 1. The monoisotopic (exact) mass is 426 g/mol. The number of nitrogens with one attached hydrogen (secondary N) is 2. The summed E-state index contributed by atoms with van der Waals surface area (Å²) in [7, 11) is 0. The van der Waals surface area contributed by atoms with E-state index in [9.17, 15) is 4.79 Å². The molecule has 8 heteroatoms. The molecule has 31 heavy (non-hydrogen) atoms. The predicted molar refractivity (Wildman–Crippen MR) is 122 cm³/mol. The number of aliphatic imine (C=N–C) groups is 1. The van der Waals surface area contributed by atoms with E-state index in [4.69, 9.17) is 15.9 Å². The van der Waals surface area contributed by atoms with Crippen LogP contribution in [0.1, 0.15) is 50.7 Å². The molecule has 0 radical (unpaired) electrons. The highest BCUT2D eigenvalue weighted by Crippen LogP contribution is 2.16. The third kappa shape index (κ3) is 6.55. The van der Waals surface area contributed by atoms with Crippen LogP contribution in [-0.4, -0.2) is 53.7 Å². The van der Waals surface area contributed by atoms with Gasteiger partial charge >= 0.3 is 0 Å². The molecule has 0 spiro atoms. The standard InChI is InChI=1S/C23H34N6O2/c1-3-4-13-31-17(2)26-22(24)21-23(25)29(16-20(30)27-21)15-19-9-7-18(8-10-19)14-28-11-5-6-12-28/h7-10,25H,3-6,11-16,24H2,1-2H3,(H,27,30)/b22-21+,25-23?,26-17+. The maximum atomic E-state index is 12.2. The second kappa shape index (κ2) is 10.9. The summed E-state index contributed by atoms with van der Waals surface area (Å²) in [6, 6.07) is 8.41. The number of benzene rings is 1. The average Bonchev–Trinajstić information content (AvgIpc) is 3.25. The van der Waals surface area contributed by atoms with Gasteiger partial charge in [0, 0.05) is 20.0 Å². The van der Waals surface area contributed by atoms with Crippen molar-refractivity contribution in [2.45, 2.75) is 52.6 Å². The van der Waals surface area contributed by atoms with Gasteiger partial charge in [-0.2, -0.15) is 4.99 Å². The molecule has 3 rings (SSSR count). The summed E-state index contributed by atoms with van der Waals surface area (Å²) in [5.41, 5.74) is 8.64. The number of amidine groups is 1. The van der Waals surface area contributed by atoms with Crippen LogP contribution in [0.3, 0.4) is 0 Å². The second-order valence-corrected chi connectivity index (χ2v) is 8.15. The molecule has 2 heterocycles. The molecular formula is C23H34N6O2. The molecule has 0 bridgehead atoms. The average molecular weight is 427 g/mol. The Balaban J connectivity index is 1.65. The molecule has 1 aromatic carbocycles. The first-order valence-electron chi connectivity index (χ1n) is 11.1. The number of carbonyl (C=O) groups excluding carboxylic acids is 1. The molecule has 0 atom stereocenters. The Morgan fingerprint density at radius 3 is 2.48 bits per heavy atom. The molecule has 2 saturated heterocycles.